The molecule has 10 heteroatoms. The van der Waals surface area contributed by atoms with Crippen LogP contribution >= 0.6 is 0 Å². The average molecular weight is 415 g/mol. The van der Waals surface area contributed by atoms with Crippen molar-refractivity contribution in [2.24, 2.45) is 7.05 Å². The molecular formula is C20H29N7O3. The van der Waals surface area contributed by atoms with E-state index in [0.717, 1.165) is 11.4 Å². The summed E-state index contributed by atoms with van der Waals surface area (Å²) in [7, 11) is 3.35. The van der Waals surface area contributed by atoms with Gasteiger partial charge >= 0.3 is 0 Å². The molecule has 0 saturated carbocycles. The second-order valence-electron chi connectivity index (χ2n) is 6.89. The summed E-state index contributed by atoms with van der Waals surface area (Å²) in [5.41, 5.74) is 5.37. The molecule has 0 aromatic carbocycles. The first kappa shape index (κ1) is 21.7. The summed E-state index contributed by atoms with van der Waals surface area (Å²) in [6.07, 6.45) is 6.19. The molecule has 1 saturated heterocycles. The Morgan fingerprint density at radius 3 is 2.57 bits per heavy atom. The minimum Gasteiger partial charge on any atom is -0.481 e. The summed E-state index contributed by atoms with van der Waals surface area (Å²) < 4.78 is 6.74. The number of aliphatic hydroxyl groups is 1. The van der Waals surface area contributed by atoms with E-state index >= 15 is 0 Å². The topological polar surface area (TPSA) is 109 Å². The van der Waals surface area contributed by atoms with E-state index in [2.05, 4.69) is 20.7 Å². The molecule has 2 aromatic rings. The van der Waals surface area contributed by atoms with Gasteiger partial charge in [-0.2, -0.15) is 0 Å². The maximum absolute atomic E-state index is 13.0. The fourth-order valence-corrected chi connectivity index (χ4v) is 3.39. The van der Waals surface area contributed by atoms with Crippen molar-refractivity contribution in [2.45, 2.75) is 38.8 Å². The highest BCUT2D eigenvalue weighted by Crippen LogP contribution is 2.29. The number of rotatable bonds is 4. The number of hydrogen-bond acceptors (Lipinski definition) is 8. The Balaban J connectivity index is 0.00000124. The third-order valence-electron chi connectivity index (χ3n) is 4.93. The molecule has 10 nitrogen and oxygen atoms in total. The van der Waals surface area contributed by atoms with Gasteiger partial charge in [-0.1, -0.05) is 19.1 Å². The summed E-state index contributed by atoms with van der Waals surface area (Å²) >= 11 is 0. The lowest BCUT2D eigenvalue weighted by Gasteiger charge is -2.31. The number of anilines is 1. The minimum atomic E-state index is -0.533. The molecule has 2 aliphatic heterocycles. The summed E-state index contributed by atoms with van der Waals surface area (Å²) in [6, 6.07) is 3.08. The van der Waals surface area contributed by atoms with Crippen LogP contribution in [-0.4, -0.2) is 68.2 Å². The van der Waals surface area contributed by atoms with E-state index in [1.54, 1.807) is 47.2 Å². The SMILES string of the molecule is CC.COc1ccc(N2NC(C(=O)N3CCC(O)CC3)C=C2c2cn(C)nn2)cn1. The van der Waals surface area contributed by atoms with Crippen LogP contribution in [0.25, 0.3) is 5.70 Å². The number of nitrogens with zero attached hydrogens (tertiary/aromatic N) is 6. The van der Waals surface area contributed by atoms with Gasteiger partial charge in [-0.3, -0.25) is 14.5 Å². The summed E-state index contributed by atoms with van der Waals surface area (Å²) in [6.45, 7) is 5.10. The van der Waals surface area contributed by atoms with Crippen molar-refractivity contribution < 1.29 is 14.6 Å². The molecule has 1 atom stereocenters. The third-order valence-corrected chi connectivity index (χ3v) is 4.93. The van der Waals surface area contributed by atoms with E-state index in [-0.39, 0.29) is 12.0 Å². The lowest BCUT2D eigenvalue weighted by atomic mass is 10.1. The van der Waals surface area contributed by atoms with Gasteiger partial charge < -0.3 is 14.7 Å². The normalized spacial score (nSPS) is 19.2. The summed E-state index contributed by atoms with van der Waals surface area (Å²) in [5, 5.41) is 19.7. The van der Waals surface area contributed by atoms with Gasteiger partial charge in [-0.05, 0) is 25.0 Å². The number of pyridine rings is 1. The smallest absolute Gasteiger partial charge is 0.245 e. The van der Waals surface area contributed by atoms with E-state index in [4.69, 9.17) is 4.74 Å². The van der Waals surface area contributed by atoms with Crippen LogP contribution in [0.5, 0.6) is 5.88 Å². The molecule has 4 heterocycles. The zero-order valence-corrected chi connectivity index (χ0v) is 17.8. The number of hydrazine groups is 1. The molecule has 30 heavy (non-hydrogen) atoms. The molecule has 2 aromatic heterocycles. The second kappa shape index (κ2) is 9.68. The van der Waals surface area contributed by atoms with Crippen LogP contribution in [0.4, 0.5) is 5.69 Å². The minimum absolute atomic E-state index is 0.0303. The number of carbonyl (C=O) groups excluding carboxylic acids is 1. The third kappa shape index (κ3) is 4.60. The van der Waals surface area contributed by atoms with Crippen molar-refractivity contribution in [1.29, 1.82) is 0 Å². The van der Waals surface area contributed by atoms with E-state index in [1.807, 2.05) is 26.0 Å². The maximum atomic E-state index is 13.0. The van der Waals surface area contributed by atoms with Gasteiger partial charge in [0, 0.05) is 26.2 Å². The number of piperidine rings is 1. The lowest BCUT2D eigenvalue weighted by molar-refractivity contribution is -0.134. The van der Waals surface area contributed by atoms with Gasteiger partial charge in [-0.25, -0.2) is 10.4 Å². The van der Waals surface area contributed by atoms with Crippen molar-refractivity contribution in [3.05, 3.63) is 36.3 Å². The molecule has 0 spiro atoms. The van der Waals surface area contributed by atoms with Gasteiger partial charge in [0.2, 0.25) is 11.8 Å². The van der Waals surface area contributed by atoms with Crippen LogP contribution in [-0.2, 0) is 11.8 Å². The van der Waals surface area contributed by atoms with E-state index < -0.39 is 6.04 Å². The molecular weight excluding hydrogens is 386 g/mol. The first-order chi connectivity index (χ1) is 14.5. The highest BCUT2D eigenvalue weighted by Gasteiger charge is 2.34. The highest BCUT2D eigenvalue weighted by atomic mass is 16.5. The summed E-state index contributed by atoms with van der Waals surface area (Å²) in [5.74, 6) is 0.477. The van der Waals surface area contributed by atoms with Crippen molar-refractivity contribution in [2.75, 3.05) is 25.2 Å². The molecule has 0 aliphatic carbocycles. The Hall–Kier alpha value is -2.98. The Labute approximate surface area is 176 Å². The molecule has 4 rings (SSSR count). The Morgan fingerprint density at radius 2 is 2.00 bits per heavy atom. The Bertz CT molecular complexity index is 873. The van der Waals surface area contributed by atoms with Gasteiger partial charge in [-0.15, -0.1) is 5.10 Å². The molecule has 2 aliphatic rings. The fourth-order valence-electron chi connectivity index (χ4n) is 3.39. The number of aromatic nitrogens is 4. The van der Waals surface area contributed by atoms with Gasteiger partial charge in [0.1, 0.15) is 11.7 Å². The van der Waals surface area contributed by atoms with E-state index in [1.165, 1.54) is 0 Å². The first-order valence-corrected chi connectivity index (χ1v) is 10.2. The van der Waals surface area contributed by atoms with Gasteiger partial charge in [0.15, 0.2) is 0 Å². The molecule has 1 fully saturated rings. The van der Waals surface area contributed by atoms with Crippen LogP contribution in [0.15, 0.2) is 30.6 Å². The zero-order chi connectivity index (χ0) is 21.7. The number of amides is 1. The van der Waals surface area contributed by atoms with Crippen LogP contribution in [0.2, 0.25) is 0 Å². The molecule has 0 bridgehead atoms. The molecule has 2 N–H and O–H groups in total. The van der Waals surface area contributed by atoms with Crippen molar-refractivity contribution in [3.8, 4) is 5.88 Å². The number of ether oxygens (including phenoxy) is 1. The number of carbonyl (C=O) groups is 1. The van der Waals surface area contributed by atoms with Crippen molar-refractivity contribution in [1.82, 2.24) is 30.3 Å². The van der Waals surface area contributed by atoms with Crippen LogP contribution < -0.4 is 15.2 Å². The fraction of sp³-hybridized carbons (Fsp3) is 0.500. The predicted octanol–water partition coefficient (Wildman–Crippen LogP) is 0.962. The Morgan fingerprint density at radius 1 is 1.27 bits per heavy atom. The number of methoxy groups -OCH3 is 1. The van der Waals surface area contributed by atoms with E-state index in [0.29, 0.717) is 37.5 Å². The number of likely N-dealkylation sites (tertiary alicyclic amines) is 1. The molecule has 162 valence electrons. The number of aryl methyl sites for hydroxylation is 1. The quantitative estimate of drug-likeness (QED) is 0.760. The van der Waals surface area contributed by atoms with Crippen molar-refractivity contribution in [3.63, 3.8) is 0 Å². The Kier molecular flexibility index (Phi) is 7.01. The predicted molar refractivity (Wildman–Crippen MR) is 112 cm³/mol. The first-order valence-electron chi connectivity index (χ1n) is 10.2. The van der Waals surface area contributed by atoms with Gasteiger partial charge in [0.05, 0.1) is 37.0 Å². The van der Waals surface area contributed by atoms with Crippen LogP contribution in [0.3, 0.4) is 0 Å². The number of aliphatic hydroxyl groups excluding tert-OH is 1. The van der Waals surface area contributed by atoms with Crippen LogP contribution in [0, 0.1) is 0 Å². The molecule has 1 unspecified atom stereocenters. The second-order valence-corrected chi connectivity index (χ2v) is 6.89. The number of nitrogens with one attached hydrogen (secondary N) is 1. The zero-order valence-electron chi connectivity index (χ0n) is 17.8. The van der Waals surface area contributed by atoms with E-state index in [9.17, 15) is 9.90 Å². The van der Waals surface area contributed by atoms with Gasteiger partial charge in [0.25, 0.3) is 0 Å². The molecule has 1 amide bonds. The molecule has 0 radical (unpaired) electrons. The largest absolute Gasteiger partial charge is 0.481 e. The summed E-state index contributed by atoms with van der Waals surface area (Å²) in [4.78, 5) is 19.0. The van der Waals surface area contributed by atoms with Crippen molar-refractivity contribution >= 4 is 17.3 Å². The monoisotopic (exact) mass is 415 g/mol. The number of hydrogen-bond donors (Lipinski definition) is 2. The maximum Gasteiger partial charge on any atom is 0.245 e. The highest BCUT2D eigenvalue weighted by molar-refractivity contribution is 5.91. The standard InChI is InChI=1S/C18H23N7O3.C2H6/c1-23-11-15(20-22-23)16-9-14(18(27)24-7-5-13(26)6-8-24)21-25(16)12-3-4-17(28-2)19-10-12;1-2/h3-4,9-11,13-14,21,26H,5-8H2,1-2H3;1-2H3. The average Bonchev–Trinajstić information content (AvgIpc) is 3.42. The lowest BCUT2D eigenvalue weighted by Crippen LogP contribution is -2.50. The van der Waals surface area contributed by atoms with Crippen LogP contribution in [0.1, 0.15) is 32.4 Å².